The van der Waals surface area contributed by atoms with Crippen molar-refractivity contribution >= 4 is 5.97 Å². The minimum Gasteiger partial charge on any atom is -0.465 e. The molecule has 0 aromatic heterocycles. The quantitative estimate of drug-likeness (QED) is 0.727. The van der Waals surface area contributed by atoms with Crippen LogP contribution < -0.4 is 5.32 Å². The lowest BCUT2D eigenvalue weighted by Gasteiger charge is -2.39. The lowest BCUT2D eigenvalue weighted by atomic mass is 9.90. The van der Waals surface area contributed by atoms with Crippen LogP contribution in [0.5, 0.6) is 0 Å². The van der Waals surface area contributed by atoms with Gasteiger partial charge in [0.15, 0.2) is 0 Å². The van der Waals surface area contributed by atoms with Gasteiger partial charge in [0.1, 0.15) is 5.54 Å². The molecule has 1 aliphatic carbocycles. The highest BCUT2D eigenvalue weighted by Crippen LogP contribution is 2.42. The summed E-state index contributed by atoms with van der Waals surface area (Å²) in [4.78, 5) is 15.1. The number of rotatable bonds is 7. The summed E-state index contributed by atoms with van der Waals surface area (Å²) in [6, 6.07) is 0.870. The minimum absolute atomic E-state index is 0.0460. The van der Waals surface area contributed by atoms with E-state index in [0.717, 1.165) is 25.9 Å². The van der Waals surface area contributed by atoms with Crippen molar-refractivity contribution in [2.24, 2.45) is 5.92 Å². The summed E-state index contributed by atoms with van der Waals surface area (Å²) in [6.45, 7) is 10.8. The third kappa shape index (κ3) is 3.34. The van der Waals surface area contributed by atoms with Crippen molar-refractivity contribution in [1.29, 1.82) is 0 Å². The number of hydrogen-bond acceptors (Lipinski definition) is 4. The maximum Gasteiger partial charge on any atom is 0.327 e. The number of ether oxygens (including phenoxy) is 1. The molecule has 1 heterocycles. The van der Waals surface area contributed by atoms with Gasteiger partial charge in [-0.2, -0.15) is 0 Å². The van der Waals surface area contributed by atoms with Crippen LogP contribution in [0.15, 0.2) is 0 Å². The van der Waals surface area contributed by atoms with E-state index in [0.29, 0.717) is 18.6 Å². The molecule has 2 rings (SSSR count). The van der Waals surface area contributed by atoms with Crippen molar-refractivity contribution < 1.29 is 9.53 Å². The molecule has 2 aliphatic rings. The van der Waals surface area contributed by atoms with E-state index in [4.69, 9.17) is 4.74 Å². The number of likely N-dealkylation sites (tertiary alicyclic amines) is 1. The number of hydrogen-bond donors (Lipinski definition) is 1. The fourth-order valence-electron chi connectivity index (χ4n) is 3.48. The van der Waals surface area contributed by atoms with Crippen LogP contribution in [0.25, 0.3) is 0 Å². The van der Waals surface area contributed by atoms with E-state index >= 15 is 0 Å². The van der Waals surface area contributed by atoms with Gasteiger partial charge in [-0.05, 0) is 65.8 Å². The fourth-order valence-corrected chi connectivity index (χ4v) is 3.48. The first-order valence-corrected chi connectivity index (χ1v) is 8.18. The van der Waals surface area contributed by atoms with Gasteiger partial charge in [0, 0.05) is 18.6 Å². The monoisotopic (exact) mass is 282 g/mol. The maximum absolute atomic E-state index is 12.7. The van der Waals surface area contributed by atoms with Gasteiger partial charge in [-0.25, -0.2) is 4.79 Å². The summed E-state index contributed by atoms with van der Waals surface area (Å²) < 4.78 is 5.43. The van der Waals surface area contributed by atoms with Gasteiger partial charge in [0.2, 0.25) is 0 Å². The second-order valence-corrected chi connectivity index (χ2v) is 6.73. The zero-order valence-electron chi connectivity index (χ0n) is 13.4. The van der Waals surface area contributed by atoms with Gasteiger partial charge in [-0.3, -0.25) is 10.2 Å². The lowest BCUT2D eigenvalue weighted by Crippen LogP contribution is -2.63. The summed E-state index contributed by atoms with van der Waals surface area (Å²) in [6.07, 6.45) is 4.76. The molecule has 2 fully saturated rings. The average Bonchev–Trinajstić information content (AvgIpc) is 3.15. The Bertz CT molecular complexity index is 341. The molecule has 4 heteroatoms. The van der Waals surface area contributed by atoms with Crippen molar-refractivity contribution in [2.45, 2.75) is 71.0 Å². The molecule has 0 amide bonds. The summed E-state index contributed by atoms with van der Waals surface area (Å²) in [5, 5.41) is 3.57. The summed E-state index contributed by atoms with van der Waals surface area (Å²) in [5.41, 5.74) is -0.497. The molecule has 0 radical (unpaired) electrons. The SMILES string of the molecule is CCOC(=O)C(CN1CCCC1C)(NC(C)C)C1CC1. The van der Waals surface area contributed by atoms with Crippen LogP contribution in [0, 0.1) is 5.92 Å². The number of nitrogens with one attached hydrogen (secondary N) is 1. The van der Waals surface area contributed by atoms with Crippen molar-refractivity contribution in [3.63, 3.8) is 0 Å². The highest BCUT2D eigenvalue weighted by Gasteiger charge is 2.53. The molecule has 0 bridgehead atoms. The molecule has 0 aromatic carbocycles. The zero-order valence-corrected chi connectivity index (χ0v) is 13.4. The Morgan fingerprint density at radius 3 is 2.55 bits per heavy atom. The van der Waals surface area contributed by atoms with Crippen molar-refractivity contribution in [2.75, 3.05) is 19.7 Å². The topological polar surface area (TPSA) is 41.6 Å². The molecule has 2 atom stereocenters. The van der Waals surface area contributed by atoms with E-state index in [-0.39, 0.29) is 12.0 Å². The molecular weight excluding hydrogens is 252 g/mol. The van der Waals surface area contributed by atoms with Gasteiger partial charge in [0.05, 0.1) is 6.61 Å². The largest absolute Gasteiger partial charge is 0.465 e. The molecule has 4 nitrogen and oxygen atoms in total. The smallest absolute Gasteiger partial charge is 0.327 e. The second-order valence-electron chi connectivity index (χ2n) is 6.73. The van der Waals surface area contributed by atoms with E-state index in [9.17, 15) is 4.79 Å². The fraction of sp³-hybridized carbons (Fsp3) is 0.938. The van der Waals surface area contributed by atoms with Gasteiger partial charge < -0.3 is 4.74 Å². The average molecular weight is 282 g/mol. The van der Waals surface area contributed by atoms with Crippen LogP contribution >= 0.6 is 0 Å². The first kappa shape index (κ1) is 15.8. The molecule has 2 unspecified atom stereocenters. The zero-order chi connectivity index (χ0) is 14.8. The van der Waals surface area contributed by atoms with Gasteiger partial charge in [-0.15, -0.1) is 0 Å². The summed E-state index contributed by atoms with van der Waals surface area (Å²) in [5.74, 6) is 0.395. The first-order chi connectivity index (χ1) is 9.49. The van der Waals surface area contributed by atoms with Crippen LogP contribution in [0.4, 0.5) is 0 Å². The van der Waals surface area contributed by atoms with Crippen LogP contribution in [0.3, 0.4) is 0 Å². The normalized spacial score (nSPS) is 26.8. The van der Waals surface area contributed by atoms with Crippen LogP contribution in [-0.2, 0) is 9.53 Å². The van der Waals surface area contributed by atoms with E-state index in [1.54, 1.807) is 0 Å². The van der Waals surface area contributed by atoms with Crippen LogP contribution in [0.2, 0.25) is 0 Å². The third-order valence-corrected chi connectivity index (χ3v) is 4.60. The molecule has 116 valence electrons. The number of carbonyl (C=O) groups excluding carboxylic acids is 1. The predicted molar refractivity (Wildman–Crippen MR) is 80.6 cm³/mol. The highest BCUT2D eigenvalue weighted by molar-refractivity contribution is 5.82. The molecular formula is C16H30N2O2. The Labute approximate surface area is 123 Å². The summed E-state index contributed by atoms with van der Waals surface area (Å²) >= 11 is 0. The number of esters is 1. The maximum atomic E-state index is 12.7. The molecule has 20 heavy (non-hydrogen) atoms. The van der Waals surface area contributed by atoms with Gasteiger partial charge in [0.25, 0.3) is 0 Å². The minimum atomic E-state index is -0.497. The first-order valence-electron chi connectivity index (χ1n) is 8.18. The number of carbonyl (C=O) groups is 1. The molecule has 0 aromatic rings. The van der Waals surface area contributed by atoms with E-state index in [2.05, 4.69) is 31.0 Å². The van der Waals surface area contributed by atoms with E-state index in [1.807, 2.05) is 6.92 Å². The van der Waals surface area contributed by atoms with Crippen molar-refractivity contribution in [3.05, 3.63) is 0 Å². The Morgan fingerprint density at radius 1 is 1.40 bits per heavy atom. The van der Waals surface area contributed by atoms with Crippen LogP contribution in [-0.4, -0.2) is 48.2 Å². The van der Waals surface area contributed by atoms with E-state index < -0.39 is 5.54 Å². The Morgan fingerprint density at radius 2 is 2.10 bits per heavy atom. The van der Waals surface area contributed by atoms with Crippen LogP contribution in [0.1, 0.15) is 53.4 Å². The number of nitrogens with zero attached hydrogens (tertiary/aromatic N) is 1. The Balaban J connectivity index is 2.18. The standard InChI is InChI=1S/C16H30N2O2/c1-5-20-15(19)16(14-8-9-14,17-12(2)3)11-18-10-6-7-13(18)4/h12-14,17H,5-11H2,1-4H3. The van der Waals surface area contributed by atoms with Crippen molar-refractivity contribution in [1.82, 2.24) is 10.2 Å². The molecule has 1 saturated carbocycles. The predicted octanol–water partition coefficient (Wildman–Crippen LogP) is 2.18. The van der Waals surface area contributed by atoms with E-state index in [1.165, 1.54) is 12.8 Å². The molecule has 1 aliphatic heterocycles. The Hall–Kier alpha value is -0.610. The summed E-state index contributed by atoms with van der Waals surface area (Å²) in [7, 11) is 0. The van der Waals surface area contributed by atoms with Crippen molar-refractivity contribution in [3.8, 4) is 0 Å². The highest BCUT2D eigenvalue weighted by atomic mass is 16.5. The Kier molecular flexibility index (Phi) is 5.08. The third-order valence-electron chi connectivity index (χ3n) is 4.60. The lowest BCUT2D eigenvalue weighted by molar-refractivity contribution is -0.154. The molecule has 1 saturated heterocycles. The van der Waals surface area contributed by atoms with Gasteiger partial charge >= 0.3 is 5.97 Å². The molecule has 1 N–H and O–H groups in total. The second kappa shape index (κ2) is 6.44. The van der Waals surface area contributed by atoms with Gasteiger partial charge in [-0.1, -0.05) is 0 Å². The molecule has 0 spiro atoms.